The SMILES string of the molecule is Ic1ccc(NCCN2CCCC2)nc1. The molecule has 0 unspecified atom stereocenters. The van der Waals surface area contributed by atoms with Crippen molar-refractivity contribution in [3.8, 4) is 0 Å². The summed E-state index contributed by atoms with van der Waals surface area (Å²) >= 11 is 2.27. The molecule has 1 aromatic rings. The van der Waals surface area contributed by atoms with Gasteiger partial charge in [0.05, 0.1) is 0 Å². The molecule has 2 heterocycles. The summed E-state index contributed by atoms with van der Waals surface area (Å²) in [4.78, 5) is 6.80. The summed E-state index contributed by atoms with van der Waals surface area (Å²) in [6.07, 6.45) is 4.61. The predicted molar refractivity (Wildman–Crippen MR) is 71.1 cm³/mol. The molecule has 82 valence electrons. The fourth-order valence-corrected chi connectivity index (χ4v) is 2.15. The minimum atomic E-state index is 0.981. The van der Waals surface area contributed by atoms with Crippen molar-refractivity contribution >= 4 is 28.4 Å². The van der Waals surface area contributed by atoms with Crippen molar-refractivity contribution in [1.29, 1.82) is 0 Å². The Labute approximate surface area is 104 Å². The number of aromatic nitrogens is 1. The first-order chi connectivity index (χ1) is 7.34. The van der Waals surface area contributed by atoms with E-state index in [1.807, 2.05) is 12.3 Å². The lowest BCUT2D eigenvalue weighted by atomic mass is 10.4. The normalized spacial score (nSPS) is 16.9. The molecule has 1 N–H and O–H groups in total. The molecule has 1 aliphatic rings. The zero-order valence-corrected chi connectivity index (χ0v) is 10.9. The topological polar surface area (TPSA) is 28.2 Å². The molecule has 1 aliphatic heterocycles. The maximum absolute atomic E-state index is 4.31. The summed E-state index contributed by atoms with van der Waals surface area (Å²) in [6, 6.07) is 4.11. The van der Waals surface area contributed by atoms with Crippen LogP contribution in [0.4, 0.5) is 5.82 Å². The quantitative estimate of drug-likeness (QED) is 0.863. The first-order valence-electron chi connectivity index (χ1n) is 5.42. The molecule has 0 atom stereocenters. The molecule has 0 aliphatic carbocycles. The molecule has 1 aromatic heterocycles. The zero-order valence-electron chi connectivity index (χ0n) is 8.75. The Morgan fingerprint density at radius 2 is 2.13 bits per heavy atom. The number of hydrogen-bond acceptors (Lipinski definition) is 3. The van der Waals surface area contributed by atoms with Crippen LogP contribution in [-0.2, 0) is 0 Å². The summed E-state index contributed by atoms with van der Waals surface area (Å²) in [5, 5.41) is 3.34. The van der Waals surface area contributed by atoms with E-state index in [2.05, 4.69) is 43.9 Å². The van der Waals surface area contributed by atoms with Gasteiger partial charge in [0, 0.05) is 22.9 Å². The second-order valence-corrected chi connectivity index (χ2v) is 5.08. The predicted octanol–water partition coefficient (Wildman–Crippen LogP) is 2.19. The first kappa shape index (κ1) is 11.1. The molecule has 0 bridgehead atoms. The Hall–Kier alpha value is -0.360. The molecule has 0 aromatic carbocycles. The van der Waals surface area contributed by atoms with Gasteiger partial charge in [-0.25, -0.2) is 4.98 Å². The largest absolute Gasteiger partial charge is 0.369 e. The van der Waals surface area contributed by atoms with Crippen LogP contribution in [0, 0.1) is 3.57 Å². The lowest BCUT2D eigenvalue weighted by molar-refractivity contribution is 0.352. The Kier molecular flexibility index (Phi) is 4.19. The zero-order chi connectivity index (χ0) is 10.5. The number of halogens is 1. The van der Waals surface area contributed by atoms with Gasteiger partial charge in [0.1, 0.15) is 5.82 Å². The highest BCUT2D eigenvalue weighted by Gasteiger charge is 2.09. The first-order valence-corrected chi connectivity index (χ1v) is 6.50. The fraction of sp³-hybridized carbons (Fsp3) is 0.545. The summed E-state index contributed by atoms with van der Waals surface area (Å²) < 4.78 is 1.18. The lowest BCUT2D eigenvalue weighted by Gasteiger charge is -2.14. The number of pyridine rings is 1. The highest BCUT2D eigenvalue weighted by molar-refractivity contribution is 14.1. The number of hydrogen-bond donors (Lipinski definition) is 1. The molecule has 0 spiro atoms. The van der Waals surface area contributed by atoms with Crippen LogP contribution < -0.4 is 5.32 Å². The minimum Gasteiger partial charge on any atom is -0.369 e. The Balaban J connectivity index is 1.71. The van der Waals surface area contributed by atoms with E-state index in [-0.39, 0.29) is 0 Å². The van der Waals surface area contributed by atoms with E-state index < -0.39 is 0 Å². The maximum Gasteiger partial charge on any atom is 0.125 e. The van der Waals surface area contributed by atoms with E-state index in [0.717, 1.165) is 18.9 Å². The Morgan fingerprint density at radius 1 is 1.33 bits per heavy atom. The van der Waals surface area contributed by atoms with E-state index >= 15 is 0 Å². The second kappa shape index (κ2) is 5.65. The Morgan fingerprint density at radius 3 is 2.80 bits per heavy atom. The van der Waals surface area contributed by atoms with Gasteiger partial charge in [0.15, 0.2) is 0 Å². The third kappa shape index (κ3) is 3.61. The minimum absolute atomic E-state index is 0.981. The maximum atomic E-state index is 4.31. The van der Waals surface area contributed by atoms with Crippen molar-refractivity contribution in [3.05, 3.63) is 21.9 Å². The van der Waals surface area contributed by atoms with Crippen LogP contribution in [0.3, 0.4) is 0 Å². The third-order valence-electron chi connectivity index (χ3n) is 2.66. The second-order valence-electron chi connectivity index (χ2n) is 3.84. The van der Waals surface area contributed by atoms with E-state index in [0.29, 0.717) is 0 Å². The van der Waals surface area contributed by atoms with Crippen molar-refractivity contribution in [2.75, 3.05) is 31.5 Å². The summed E-state index contributed by atoms with van der Waals surface area (Å²) in [6.45, 7) is 4.66. The van der Waals surface area contributed by atoms with Gasteiger partial charge >= 0.3 is 0 Å². The molecule has 1 saturated heterocycles. The van der Waals surface area contributed by atoms with Gasteiger partial charge in [0.25, 0.3) is 0 Å². The summed E-state index contributed by atoms with van der Waals surface area (Å²) in [7, 11) is 0. The molecule has 2 rings (SSSR count). The Bertz CT molecular complexity index is 293. The van der Waals surface area contributed by atoms with Crippen LogP contribution >= 0.6 is 22.6 Å². The van der Waals surface area contributed by atoms with Crippen molar-refractivity contribution in [2.24, 2.45) is 0 Å². The molecule has 4 heteroatoms. The fourth-order valence-electron chi connectivity index (χ4n) is 1.83. The molecular formula is C11H16IN3. The van der Waals surface area contributed by atoms with Crippen molar-refractivity contribution in [2.45, 2.75) is 12.8 Å². The van der Waals surface area contributed by atoms with Crippen molar-refractivity contribution in [1.82, 2.24) is 9.88 Å². The molecule has 1 fully saturated rings. The number of rotatable bonds is 4. The number of nitrogens with one attached hydrogen (secondary N) is 1. The molecular weight excluding hydrogens is 301 g/mol. The van der Waals surface area contributed by atoms with Gasteiger partial charge in [0.2, 0.25) is 0 Å². The number of anilines is 1. The highest BCUT2D eigenvalue weighted by atomic mass is 127. The van der Waals surface area contributed by atoms with Crippen molar-refractivity contribution < 1.29 is 0 Å². The van der Waals surface area contributed by atoms with E-state index in [4.69, 9.17) is 0 Å². The molecule has 3 nitrogen and oxygen atoms in total. The summed E-state index contributed by atoms with van der Waals surface area (Å²) in [5.41, 5.74) is 0. The van der Waals surface area contributed by atoms with E-state index in [9.17, 15) is 0 Å². The van der Waals surface area contributed by atoms with Gasteiger partial charge in [-0.05, 0) is 60.7 Å². The van der Waals surface area contributed by atoms with Crippen LogP contribution in [0.15, 0.2) is 18.3 Å². The average molecular weight is 317 g/mol. The molecule has 0 radical (unpaired) electrons. The summed E-state index contributed by atoms with van der Waals surface area (Å²) in [5.74, 6) is 0.981. The number of likely N-dealkylation sites (tertiary alicyclic amines) is 1. The molecule has 0 saturated carbocycles. The highest BCUT2D eigenvalue weighted by Crippen LogP contribution is 2.08. The van der Waals surface area contributed by atoms with Gasteiger partial charge in [-0.3, -0.25) is 0 Å². The van der Waals surface area contributed by atoms with Gasteiger partial charge in [-0.2, -0.15) is 0 Å². The van der Waals surface area contributed by atoms with Crippen LogP contribution in [0.5, 0.6) is 0 Å². The lowest BCUT2D eigenvalue weighted by Crippen LogP contribution is -2.26. The van der Waals surface area contributed by atoms with Crippen LogP contribution in [0.1, 0.15) is 12.8 Å². The smallest absolute Gasteiger partial charge is 0.125 e. The monoisotopic (exact) mass is 317 g/mol. The standard InChI is InChI=1S/C11H16IN3/c12-10-3-4-11(14-9-10)13-5-8-15-6-1-2-7-15/h3-4,9H,1-2,5-8H2,(H,13,14). The van der Waals surface area contributed by atoms with Gasteiger partial charge in [-0.15, -0.1) is 0 Å². The van der Waals surface area contributed by atoms with E-state index in [1.54, 1.807) is 0 Å². The van der Waals surface area contributed by atoms with Crippen LogP contribution in [0.25, 0.3) is 0 Å². The third-order valence-corrected chi connectivity index (χ3v) is 3.30. The average Bonchev–Trinajstić information content (AvgIpc) is 2.74. The van der Waals surface area contributed by atoms with Crippen LogP contribution in [-0.4, -0.2) is 36.1 Å². The van der Waals surface area contributed by atoms with Crippen molar-refractivity contribution in [3.63, 3.8) is 0 Å². The molecule has 15 heavy (non-hydrogen) atoms. The van der Waals surface area contributed by atoms with Gasteiger partial charge < -0.3 is 10.2 Å². The van der Waals surface area contributed by atoms with Gasteiger partial charge in [-0.1, -0.05) is 0 Å². The van der Waals surface area contributed by atoms with Crippen LogP contribution in [0.2, 0.25) is 0 Å². The number of nitrogens with zero attached hydrogens (tertiary/aromatic N) is 2. The molecule has 0 amide bonds. The van der Waals surface area contributed by atoms with E-state index in [1.165, 1.54) is 29.5 Å².